The van der Waals surface area contributed by atoms with Crippen molar-refractivity contribution >= 4 is 20.2 Å². The van der Waals surface area contributed by atoms with Gasteiger partial charge in [-0.2, -0.15) is 60.7 Å². The third-order valence-corrected chi connectivity index (χ3v) is 4.19. The van der Waals surface area contributed by atoms with E-state index in [1.54, 1.807) is 4.74 Å². The van der Waals surface area contributed by atoms with Crippen molar-refractivity contribution in [2.45, 2.75) is 41.6 Å². The summed E-state index contributed by atoms with van der Waals surface area (Å²) >= 11 is 0. The minimum Gasteiger partial charge on any atom is -0.281 e. The first-order chi connectivity index (χ1) is 11.7. The first kappa shape index (κ1) is 27.0. The molecule has 8 nitrogen and oxygen atoms in total. The van der Waals surface area contributed by atoms with Gasteiger partial charge in [0.25, 0.3) is 0 Å². The van der Waals surface area contributed by atoms with Crippen molar-refractivity contribution < 1.29 is 83.7 Å². The van der Waals surface area contributed by atoms with Gasteiger partial charge in [-0.1, -0.05) is 0 Å². The third kappa shape index (κ3) is 4.58. The zero-order valence-corrected chi connectivity index (χ0v) is 14.0. The Kier molecular flexibility index (Phi) is 6.50. The van der Waals surface area contributed by atoms with Gasteiger partial charge in [0.05, 0.1) is 0 Å². The molecule has 0 bridgehead atoms. The molecular formula is C7H5F11O8S2. The molecule has 0 saturated heterocycles. The van der Waals surface area contributed by atoms with Gasteiger partial charge < -0.3 is 0 Å². The summed E-state index contributed by atoms with van der Waals surface area (Å²) in [7, 11) is -14.4. The van der Waals surface area contributed by atoms with E-state index in [9.17, 15) is 65.1 Å². The number of rotatable bonds is 9. The minimum atomic E-state index is -7.24. The maximum atomic E-state index is 13.5. The predicted octanol–water partition coefficient (Wildman–Crippen LogP) is 2.44. The first-order valence-electron chi connectivity index (χ1n) is 5.59. The Balaban J connectivity index is 6.04. The van der Waals surface area contributed by atoms with Crippen LogP contribution < -0.4 is 0 Å². The maximum Gasteiger partial charge on any atom is 0.460 e. The Hall–Kier alpha value is -1.03. The zero-order valence-electron chi connectivity index (χ0n) is 12.3. The standard InChI is InChI=1S/C7H5F11O8S2/c1-2(8,25-4(11,12)6(15,16)27(19,20)21)3(9,10)26-5(13,14)7(17,18)28(22,23)24/h1H3,(H,19,20,21)(H,22,23,24). The molecule has 0 heterocycles. The van der Waals surface area contributed by atoms with E-state index in [1.165, 1.54) is 0 Å². The van der Waals surface area contributed by atoms with E-state index in [4.69, 9.17) is 9.11 Å². The lowest BCUT2D eigenvalue weighted by atomic mass is 10.3. The molecule has 28 heavy (non-hydrogen) atoms. The molecule has 21 heteroatoms. The van der Waals surface area contributed by atoms with Gasteiger partial charge in [0, 0.05) is 6.92 Å². The molecule has 0 aromatic heterocycles. The fourth-order valence-corrected chi connectivity index (χ4v) is 1.66. The van der Waals surface area contributed by atoms with Crippen molar-refractivity contribution in [2.24, 2.45) is 0 Å². The summed E-state index contributed by atoms with van der Waals surface area (Å²) in [6.45, 7) is -1.12. The largest absolute Gasteiger partial charge is 0.460 e. The lowest BCUT2D eigenvalue weighted by Gasteiger charge is -2.36. The SMILES string of the molecule is CC(F)(OC(F)(F)C(F)(F)S(=O)(=O)O)C(F)(F)OC(F)(F)C(F)(F)S(=O)(=O)O. The molecule has 0 fully saturated rings. The Bertz CT molecular complexity index is 735. The van der Waals surface area contributed by atoms with Gasteiger partial charge in [0.15, 0.2) is 0 Å². The van der Waals surface area contributed by atoms with Gasteiger partial charge in [-0.15, -0.1) is 0 Å². The van der Waals surface area contributed by atoms with Gasteiger partial charge in [-0.3, -0.25) is 13.8 Å². The van der Waals surface area contributed by atoms with Gasteiger partial charge >= 0.3 is 54.9 Å². The van der Waals surface area contributed by atoms with Crippen molar-refractivity contribution in [3.05, 3.63) is 0 Å². The highest BCUT2D eigenvalue weighted by atomic mass is 32.2. The second-order valence-electron chi connectivity index (χ2n) is 4.65. The normalized spacial score (nSPS) is 18.1. The van der Waals surface area contributed by atoms with Crippen molar-refractivity contribution in [2.75, 3.05) is 0 Å². The minimum absolute atomic E-state index is 1.12. The summed E-state index contributed by atoms with van der Waals surface area (Å²) in [6.07, 6.45) is -20.9. The summed E-state index contributed by atoms with van der Waals surface area (Å²) < 4.78 is 203. The molecule has 1 unspecified atom stereocenters. The first-order valence-corrected chi connectivity index (χ1v) is 8.47. The number of halogens is 11. The zero-order chi connectivity index (χ0) is 23.4. The lowest BCUT2D eigenvalue weighted by Crippen LogP contribution is -2.60. The molecule has 0 aromatic rings. The highest BCUT2D eigenvalue weighted by molar-refractivity contribution is 7.87. The summed E-state index contributed by atoms with van der Waals surface area (Å²) in [4.78, 5) is 0. The van der Waals surface area contributed by atoms with Crippen LogP contribution in [0.15, 0.2) is 0 Å². The van der Waals surface area contributed by atoms with Gasteiger partial charge in [-0.25, -0.2) is 9.13 Å². The van der Waals surface area contributed by atoms with E-state index >= 15 is 0 Å². The van der Waals surface area contributed by atoms with Crippen LogP contribution in [0.5, 0.6) is 0 Å². The number of hydrogen-bond donors (Lipinski definition) is 2. The van der Waals surface area contributed by atoms with Crippen LogP contribution in [0.1, 0.15) is 6.92 Å². The molecule has 0 aromatic carbocycles. The summed E-state index contributed by atoms with van der Waals surface area (Å²) in [5, 5.41) is -13.8. The number of alkyl halides is 11. The molecule has 170 valence electrons. The number of ether oxygens (including phenoxy) is 2. The number of hydrogen-bond acceptors (Lipinski definition) is 6. The van der Waals surface area contributed by atoms with Crippen LogP contribution in [-0.2, 0) is 29.7 Å². The summed E-state index contributed by atoms with van der Waals surface area (Å²) in [6, 6.07) is 0. The van der Waals surface area contributed by atoms with Crippen LogP contribution in [0.2, 0.25) is 0 Å². The van der Waals surface area contributed by atoms with Crippen LogP contribution >= 0.6 is 0 Å². The highest BCUT2D eigenvalue weighted by Gasteiger charge is 2.76. The summed E-state index contributed by atoms with van der Waals surface area (Å²) in [5.74, 6) is -6.00. The average Bonchev–Trinajstić information content (AvgIpc) is 2.32. The Morgan fingerprint density at radius 2 is 0.821 bits per heavy atom. The molecule has 0 aliphatic heterocycles. The molecule has 2 N–H and O–H groups in total. The fraction of sp³-hybridized carbons (Fsp3) is 1.00. The van der Waals surface area contributed by atoms with Crippen molar-refractivity contribution in [3.8, 4) is 0 Å². The third-order valence-electron chi connectivity index (χ3n) is 2.42. The predicted molar refractivity (Wildman–Crippen MR) is 59.5 cm³/mol. The van der Waals surface area contributed by atoms with E-state index in [1.807, 2.05) is 0 Å². The highest BCUT2D eigenvalue weighted by Crippen LogP contribution is 2.50. The van der Waals surface area contributed by atoms with E-state index < -0.39 is 61.8 Å². The molecule has 0 spiro atoms. The lowest BCUT2D eigenvalue weighted by molar-refractivity contribution is -0.499. The second-order valence-corrected chi connectivity index (χ2v) is 7.58. The van der Waals surface area contributed by atoms with Crippen LogP contribution in [0.25, 0.3) is 0 Å². The maximum absolute atomic E-state index is 13.5. The van der Waals surface area contributed by atoms with Gasteiger partial charge in [0.1, 0.15) is 0 Å². The van der Waals surface area contributed by atoms with E-state index in [-0.39, 0.29) is 0 Å². The fourth-order valence-electron chi connectivity index (χ4n) is 0.971. The molecule has 1 atom stereocenters. The Morgan fingerprint density at radius 3 is 1.07 bits per heavy atom. The van der Waals surface area contributed by atoms with Crippen LogP contribution in [0, 0.1) is 0 Å². The molecule has 0 aliphatic rings. The average molecular weight is 490 g/mol. The molecule has 0 saturated carbocycles. The summed E-state index contributed by atoms with van der Waals surface area (Å²) in [5.41, 5.74) is 0. The molecular weight excluding hydrogens is 485 g/mol. The molecule has 0 amide bonds. The smallest absolute Gasteiger partial charge is 0.281 e. The van der Waals surface area contributed by atoms with Crippen LogP contribution in [-0.4, -0.2) is 60.6 Å². The molecule has 0 aliphatic carbocycles. The van der Waals surface area contributed by atoms with E-state index in [0.717, 1.165) is 0 Å². The van der Waals surface area contributed by atoms with E-state index in [0.29, 0.717) is 0 Å². The van der Waals surface area contributed by atoms with Crippen LogP contribution in [0.3, 0.4) is 0 Å². The van der Waals surface area contributed by atoms with Crippen molar-refractivity contribution in [1.82, 2.24) is 0 Å². The van der Waals surface area contributed by atoms with Gasteiger partial charge in [0.2, 0.25) is 0 Å². The Morgan fingerprint density at radius 1 is 0.571 bits per heavy atom. The van der Waals surface area contributed by atoms with Crippen molar-refractivity contribution in [1.29, 1.82) is 0 Å². The molecule has 0 rings (SSSR count). The second kappa shape index (κ2) is 6.75. The van der Waals surface area contributed by atoms with Crippen molar-refractivity contribution in [3.63, 3.8) is 0 Å². The van der Waals surface area contributed by atoms with E-state index in [2.05, 4.69) is 4.74 Å². The van der Waals surface area contributed by atoms with Gasteiger partial charge in [-0.05, 0) is 0 Å². The molecule has 0 radical (unpaired) electrons. The monoisotopic (exact) mass is 490 g/mol. The quantitative estimate of drug-likeness (QED) is 0.373. The van der Waals surface area contributed by atoms with Crippen LogP contribution in [0.4, 0.5) is 48.3 Å². The topological polar surface area (TPSA) is 127 Å². The Labute approximate surface area is 146 Å².